The average molecular weight is 448 g/mol. The Bertz CT molecular complexity index is 863. The second-order valence-electron chi connectivity index (χ2n) is 8.17. The lowest BCUT2D eigenvalue weighted by Crippen LogP contribution is -2.37. The highest BCUT2D eigenvalue weighted by Crippen LogP contribution is 2.31. The van der Waals surface area contributed by atoms with Crippen molar-refractivity contribution in [3.63, 3.8) is 0 Å². The lowest BCUT2D eigenvalue weighted by Gasteiger charge is -2.26. The Balaban J connectivity index is 1.28. The van der Waals surface area contributed by atoms with Crippen molar-refractivity contribution >= 4 is 29.2 Å². The van der Waals surface area contributed by atoms with E-state index in [0.717, 1.165) is 71.5 Å². The Morgan fingerprint density at radius 2 is 1.97 bits per heavy atom. The van der Waals surface area contributed by atoms with Crippen LogP contribution >= 0.6 is 11.6 Å². The van der Waals surface area contributed by atoms with Gasteiger partial charge in [-0.3, -0.25) is 9.69 Å². The molecule has 1 aliphatic carbocycles. The van der Waals surface area contributed by atoms with Crippen molar-refractivity contribution in [1.82, 2.24) is 15.1 Å². The number of halogens is 1. The number of aromatic nitrogens is 2. The van der Waals surface area contributed by atoms with E-state index in [4.69, 9.17) is 20.8 Å². The van der Waals surface area contributed by atoms with Gasteiger partial charge >= 0.3 is 6.01 Å². The number of ether oxygens (including phenoxy) is 1. The van der Waals surface area contributed by atoms with E-state index in [9.17, 15) is 4.79 Å². The number of nitrogens with one attached hydrogen (secondary N) is 2. The SMILES string of the molecule is O=C(Nc1ccc(-c2nnc(NCCCN3CCOCC3)o2)c(Cl)c1)C1CCCCC1. The summed E-state index contributed by atoms with van der Waals surface area (Å²) >= 11 is 6.44. The van der Waals surface area contributed by atoms with Crippen LogP contribution in [0.15, 0.2) is 22.6 Å². The van der Waals surface area contributed by atoms with E-state index in [2.05, 4.69) is 25.7 Å². The van der Waals surface area contributed by atoms with Gasteiger partial charge in [-0.15, -0.1) is 5.10 Å². The highest BCUT2D eigenvalue weighted by atomic mass is 35.5. The van der Waals surface area contributed by atoms with Crippen molar-refractivity contribution in [2.45, 2.75) is 38.5 Å². The fourth-order valence-corrected chi connectivity index (χ4v) is 4.36. The van der Waals surface area contributed by atoms with Crippen LogP contribution in [0.25, 0.3) is 11.5 Å². The third-order valence-electron chi connectivity index (χ3n) is 5.90. The van der Waals surface area contributed by atoms with Gasteiger partial charge in [0.2, 0.25) is 5.91 Å². The van der Waals surface area contributed by atoms with Crippen LogP contribution in [0.3, 0.4) is 0 Å². The molecule has 2 N–H and O–H groups in total. The number of amides is 1. The van der Waals surface area contributed by atoms with Gasteiger partial charge in [0, 0.05) is 31.2 Å². The summed E-state index contributed by atoms with van der Waals surface area (Å²) in [5, 5.41) is 14.8. The molecule has 1 saturated carbocycles. The van der Waals surface area contributed by atoms with Gasteiger partial charge in [0.15, 0.2) is 0 Å². The summed E-state index contributed by atoms with van der Waals surface area (Å²) in [5.41, 5.74) is 1.33. The largest absolute Gasteiger partial charge is 0.403 e. The summed E-state index contributed by atoms with van der Waals surface area (Å²) in [6.07, 6.45) is 6.37. The lowest BCUT2D eigenvalue weighted by atomic mass is 9.88. The first-order chi connectivity index (χ1) is 15.2. The van der Waals surface area contributed by atoms with Crippen molar-refractivity contribution in [3.8, 4) is 11.5 Å². The van der Waals surface area contributed by atoms with E-state index in [1.165, 1.54) is 6.42 Å². The highest BCUT2D eigenvalue weighted by molar-refractivity contribution is 6.33. The number of anilines is 2. The standard InChI is InChI=1S/C22H30ClN5O3/c23-19-15-17(25-20(29)16-5-2-1-3-6-16)7-8-18(19)21-26-27-22(31-21)24-9-4-10-28-11-13-30-14-12-28/h7-8,15-16H,1-6,9-14H2,(H,24,27)(H,25,29). The minimum absolute atomic E-state index is 0.0740. The second kappa shape index (κ2) is 10.9. The first kappa shape index (κ1) is 22.0. The number of carbonyl (C=O) groups is 1. The zero-order valence-corrected chi connectivity index (χ0v) is 18.5. The summed E-state index contributed by atoms with van der Waals surface area (Å²) in [6, 6.07) is 5.73. The zero-order valence-electron chi connectivity index (χ0n) is 17.7. The first-order valence-electron chi connectivity index (χ1n) is 11.2. The molecule has 0 atom stereocenters. The molecule has 168 valence electrons. The molecule has 8 nitrogen and oxygen atoms in total. The summed E-state index contributed by atoms with van der Waals surface area (Å²) < 4.78 is 11.1. The molecule has 0 unspecified atom stereocenters. The molecule has 2 aromatic rings. The summed E-state index contributed by atoms with van der Waals surface area (Å²) in [6.45, 7) is 5.35. The minimum atomic E-state index is 0.0740. The molecule has 4 rings (SSSR count). The van der Waals surface area contributed by atoms with Gasteiger partial charge in [0.1, 0.15) is 0 Å². The maximum absolute atomic E-state index is 12.5. The van der Waals surface area contributed by atoms with Crippen molar-refractivity contribution < 1.29 is 13.9 Å². The molecule has 0 radical (unpaired) electrons. The van der Waals surface area contributed by atoms with E-state index in [1.807, 2.05) is 6.07 Å². The summed E-state index contributed by atoms with van der Waals surface area (Å²) in [4.78, 5) is 14.8. The van der Waals surface area contributed by atoms with Crippen LogP contribution in [0.1, 0.15) is 38.5 Å². The topological polar surface area (TPSA) is 92.5 Å². The quantitative estimate of drug-likeness (QED) is 0.590. The molecular formula is C22H30ClN5O3. The number of nitrogens with zero attached hydrogens (tertiary/aromatic N) is 3. The third-order valence-corrected chi connectivity index (χ3v) is 6.21. The van der Waals surface area contributed by atoms with Gasteiger partial charge in [-0.05, 0) is 44.0 Å². The van der Waals surface area contributed by atoms with Gasteiger partial charge in [-0.2, -0.15) is 0 Å². The average Bonchev–Trinajstić information content (AvgIpc) is 3.27. The van der Waals surface area contributed by atoms with E-state index < -0.39 is 0 Å². The fraction of sp³-hybridized carbons (Fsp3) is 0.591. The van der Waals surface area contributed by atoms with Gasteiger partial charge in [-0.25, -0.2) is 0 Å². The minimum Gasteiger partial charge on any atom is -0.403 e. The van der Waals surface area contributed by atoms with Gasteiger partial charge < -0.3 is 19.8 Å². The van der Waals surface area contributed by atoms with Crippen molar-refractivity contribution in [2.75, 3.05) is 50.0 Å². The van der Waals surface area contributed by atoms with Crippen LogP contribution < -0.4 is 10.6 Å². The van der Waals surface area contributed by atoms with Gasteiger partial charge in [-0.1, -0.05) is 36.0 Å². The molecule has 0 bridgehead atoms. The third kappa shape index (κ3) is 6.18. The van der Waals surface area contributed by atoms with E-state index in [1.54, 1.807) is 12.1 Å². The molecule has 31 heavy (non-hydrogen) atoms. The maximum atomic E-state index is 12.5. The molecule has 1 aliphatic heterocycles. The van der Waals surface area contributed by atoms with Crippen LogP contribution in [-0.4, -0.2) is 60.4 Å². The summed E-state index contributed by atoms with van der Waals surface area (Å²) in [5.74, 6) is 0.524. The molecule has 1 aromatic carbocycles. The van der Waals surface area contributed by atoms with Crippen molar-refractivity contribution in [3.05, 3.63) is 23.2 Å². The highest BCUT2D eigenvalue weighted by Gasteiger charge is 2.21. The fourth-order valence-electron chi connectivity index (χ4n) is 4.10. The Morgan fingerprint density at radius 1 is 1.16 bits per heavy atom. The second-order valence-corrected chi connectivity index (χ2v) is 8.57. The van der Waals surface area contributed by atoms with Crippen LogP contribution in [0.5, 0.6) is 0 Å². The normalized spacial score (nSPS) is 18.1. The Kier molecular flexibility index (Phi) is 7.77. The number of benzene rings is 1. The Hall–Kier alpha value is -2.16. The molecule has 1 saturated heterocycles. The lowest BCUT2D eigenvalue weighted by molar-refractivity contribution is -0.120. The first-order valence-corrected chi connectivity index (χ1v) is 11.5. The molecule has 9 heteroatoms. The van der Waals surface area contributed by atoms with Crippen LogP contribution in [0.2, 0.25) is 5.02 Å². The molecule has 2 fully saturated rings. The monoisotopic (exact) mass is 447 g/mol. The molecule has 0 spiro atoms. The van der Waals surface area contributed by atoms with Crippen molar-refractivity contribution in [1.29, 1.82) is 0 Å². The maximum Gasteiger partial charge on any atom is 0.315 e. The molecule has 2 heterocycles. The number of carbonyl (C=O) groups excluding carboxylic acids is 1. The number of hydrogen-bond acceptors (Lipinski definition) is 7. The van der Waals surface area contributed by atoms with Gasteiger partial charge in [0.25, 0.3) is 5.89 Å². The number of morpholine rings is 1. The van der Waals surface area contributed by atoms with Crippen LogP contribution in [0, 0.1) is 5.92 Å². The van der Waals surface area contributed by atoms with Crippen LogP contribution in [-0.2, 0) is 9.53 Å². The molecular weight excluding hydrogens is 418 g/mol. The van der Waals surface area contributed by atoms with Gasteiger partial charge in [0.05, 0.1) is 23.8 Å². The zero-order chi connectivity index (χ0) is 21.5. The predicted molar refractivity (Wildman–Crippen MR) is 120 cm³/mol. The smallest absolute Gasteiger partial charge is 0.315 e. The van der Waals surface area contributed by atoms with E-state index in [-0.39, 0.29) is 11.8 Å². The number of rotatable bonds is 8. The van der Waals surface area contributed by atoms with E-state index >= 15 is 0 Å². The molecule has 1 amide bonds. The van der Waals surface area contributed by atoms with Crippen molar-refractivity contribution in [2.24, 2.45) is 5.92 Å². The Labute approximate surface area is 187 Å². The van der Waals surface area contributed by atoms with E-state index in [0.29, 0.717) is 28.2 Å². The Morgan fingerprint density at radius 3 is 2.74 bits per heavy atom. The van der Waals surface area contributed by atoms with Crippen LogP contribution in [0.4, 0.5) is 11.7 Å². The number of hydrogen-bond donors (Lipinski definition) is 2. The molecule has 2 aliphatic rings. The molecule has 1 aromatic heterocycles. The predicted octanol–water partition coefficient (Wildman–Crippen LogP) is 4.04. The summed E-state index contributed by atoms with van der Waals surface area (Å²) in [7, 11) is 0.